The van der Waals surface area contributed by atoms with Crippen molar-refractivity contribution in [1.29, 1.82) is 0 Å². The van der Waals surface area contributed by atoms with Gasteiger partial charge >= 0.3 is 0 Å². The van der Waals surface area contributed by atoms with Crippen LogP contribution < -0.4 is 15.8 Å². The molecule has 1 aromatic carbocycles. The number of anilines is 2. The number of benzene rings is 1. The molecular weight excluding hydrogens is 303 g/mol. The van der Waals surface area contributed by atoms with Crippen molar-refractivity contribution in [1.82, 2.24) is 9.97 Å². The van der Waals surface area contributed by atoms with Gasteiger partial charge in [0.1, 0.15) is 5.15 Å². The van der Waals surface area contributed by atoms with E-state index in [2.05, 4.69) is 15.3 Å². The lowest BCUT2D eigenvalue weighted by molar-refractivity contribution is 0.102. The summed E-state index contributed by atoms with van der Waals surface area (Å²) in [5, 5.41) is 3.00. The molecule has 104 valence electrons. The fourth-order valence-electron chi connectivity index (χ4n) is 1.47. The molecule has 0 saturated carbocycles. The van der Waals surface area contributed by atoms with E-state index in [0.29, 0.717) is 10.7 Å². The maximum atomic E-state index is 12.0. The molecule has 0 aliphatic heterocycles. The fraction of sp³-hybridized carbons (Fsp3) is 0.0833. The highest BCUT2D eigenvalue weighted by Gasteiger charge is 2.11. The molecule has 1 heterocycles. The second-order valence-corrected chi connectivity index (χ2v) is 4.61. The molecule has 20 heavy (non-hydrogen) atoms. The average molecular weight is 313 g/mol. The van der Waals surface area contributed by atoms with Crippen LogP contribution in [0.2, 0.25) is 10.2 Å². The quantitative estimate of drug-likeness (QED) is 0.671. The van der Waals surface area contributed by atoms with Crippen molar-refractivity contribution in [2.24, 2.45) is 0 Å². The number of carbonyl (C=O) groups is 1. The van der Waals surface area contributed by atoms with Gasteiger partial charge < -0.3 is 10.5 Å². The number of carbonyl (C=O) groups excluding carboxylic acids is 1. The first-order valence-electron chi connectivity index (χ1n) is 5.44. The van der Waals surface area contributed by atoms with Gasteiger partial charge in [0, 0.05) is 22.3 Å². The summed E-state index contributed by atoms with van der Waals surface area (Å²) in [4.78, 5) is 19.9. The lowest BCUT2D eigenvalue weighted by atomic mass is 10.2. The number of halogens is 2. The van der Waals surface area contributed by atoms with E-state index in [-0.39, 0.29) is 22.5 Å². The van der Waals surface area contributed by atoms with E-state index < -0.39 is 5.91 Å². The zero-order valence-electron chi connectivity index (χ0n) is 10.4. The number of rotatable bonds is 3. The highest BCUT2D eigenvalue weighted by Crippen LogP contribution is 2.19. The topological polar surface area (TPSA) is 90.1 Å². The van der Waals surface area contributed by atoms with Crippen LogP contribution in [0.25, 0.3) is 0 Å². The maximum Gasteiger partial charge on any atom is 0.258 e. The number of nitrogens with one attached hydrogen (secondary N) is 1. The molecule has 2 aromatic rings. The number of nitrogen functional groups attached to an aromatic ring is 1. The number of hydrogen-bond acceptors (Lipinski definition) is 5. The van der Waals surface area contributed by atoms with Crippen LogP contribution in [-0.2, 0) is 0 Å². The Kier molecular flexibility index (Phi) is 4.26. The first-order chi connectivity index (χ1) is 9.47. The second-order valence-electron chi connectivity index (χ2n) is 3.78. The minimum absolute atomic E-state index is 0.0258. The SMILES string of the molecule is COc1cc(Cl)nc(NC(=O)c2cc(N)cc(Cl)c2)n1. The Labute approximate surface area is 124 Å². The molecule has 0 aliphatic carbocycles. The van der Waals surface area contributed by atoms with Crippen molar-refractivity contribution in [3.8, 4) is 5.88 Å². The van der Waals surface area contributed by atoms with Crippen LogP contribution in [0.4, 0.5) is 11.6 Å². The van der Waals surface area contributed by atoms with Gasteiger partial charge in [-0.15, -0.1) is 0 Å². The van der Waals surface area contributed by atoms with Gasteiger partial charge in [-0.1, -0.05) is 23.2 Å². The summed E-state index contributed by atoms with van der Waals surface area (Å²) < 4.78 is 4.93. The Balaban J connectivity index is 2.25. The fourth-order valence-corrected chi connectivity index (χ4v) is 1.89. The van der Waals surface area contributed by atoms with E-state index in [1.165, 1.54) is 31.4 Å². The van der Waals surface area contributed by atoms with Crippen molar-refractivity contribution in [3.05, 3.63) is 40.0 Å². The van der Waals surface area contributed by atoms with Gasteiger partial charge in [-0.3, -0.25) is 10.1 Å². The predicted molar refractivity (Wildman–Crippen MR) is 77.4 cm³/mol. The minimum Gasteiger partial charge on any atom is -0.481 e. The van der Waals surface area contributed by atoms with Gasteiger partial charge in [0.25, 0.3) is 5.91 Å². The zero-order valence-corrected chi connectivity index (χ0v) is 11.9. The predicted octanol–water partition coefficient (Wildman–Crippen LogP) is 2.63. The van der Waals surface area contributed by atoms with Crippen LogP contribution in [0.5, 0.6) is 5.88 Å². The molecular formula is C12H10Cl2N4O2. The molecule has 0 radical (unpaired) electrons. The summed E-state index contributed by atoms with van der Waals surface area (Å²) in [7, 11) is 1.43. The molecule has 0 bridgehead atoms. The molecule has 0 aliphatic rings. The number of hydrogen-bond donors (Lipinski definition) is 2. The van der Waals surface area contributed by atoms with Crippen LogP contribution >= 0.6 is 23.2 Å². The van der Waals surface area contributed by atoms with E-state index in [4.69, 9.17) is 33.7 Å². The zero-order chi connectivity index (χ0) is 14.7. The molecule has 0 unspecified atom stereocenters. The Morgan fingerprint density at radius 3 is 2.65 bits per heavy atom. The second kappa shape index (κ2) is 5.94. The van der Waals surface area contributed by atoms with Crippen molar-refractivity contribution in [2.75, 3.05) is 18.2 Å². The number of nitrogens with zero attached hydrogens (tertiary/aromatic N) is 2. The third-order valence-electron chi connectivity index (χ3n) is 2.29. The molecule has 6 nitrogen and oxygen atoms in total. The summed E-state index contributed by atoms with van der Waals surface area (Å²) in [5.41, 5.74) is 6.29. The maximum absolute atomic E-state index is 12.0. The van der Waals surface area contributed by atoms with Crippen molar-refractivity contribution in [2.45, 2.75) is 0 Å². The highest BCUT2D eigenvalue weighted by atomic mass is 35.5. The average Bonchev–Trinajstić information content (AvgIpc) is 2.36. The van der Waals surface area contributed by atoms with Crippen molar-refractivity contribution < 1.29 is 9.53 Å². The van der Waals surface area contributed by atoms with E-state index in [0.717, 1.165) is 0 Å². The molecule has 0 saturated heterocycles. The number of amides is 1. The van der Waals surface area contributed by atoms with Gasteiger partial charge in [-0.2, -0.15) is 4.98 Å². The Bertz CT molecular complexity index is 644. The van der Waals surface area contributed by atoms with Gasteiger partial charge in [-0.25, -0.2) is 4.98 Å². The molecule has 0 atom stereocenters. The van der Waals surface area contributed by atoms with E-state index in [1.807, 2.05) is 0 Å². The van der Waals surface area contributed by atoms with Crippen LogP contribution in [0.15, 0.2) is 24.3 Å². The van der Waals surface area contributed by atoms with Crippen LogP contribution in [-0.4, -0.2) is 23.0 Å². The minimum atomic E-state index is -0.455. The third-order valence-corrected chi connectivity index (χ3v) is 2.70. The van der Waals surface area contributed by atoms with Crippen LogP contribution in [0.3, 0.4) is 0 Å². The number of methoxy groups -OCH3 is 1. The lowest BCUT2D eigenvalue weighted by Crippen LogP contribution is -2.14. The summed E-state index contributed by atoms with van der Waals surface area (Å²) in [6.45, 7) is 0. The van der Waals surface area contributed by atoms with Crippen molar-refractivity contribution >= 4 is 40.7 Å². The Hall–Kier alpha value is -2.05. The largest absolute Gasteiger partial charge is 0.481 e. The standard InChI is InChI=1S/C12H10Cl2N4O2/c1-20-10-5-9(14)16-12(17-10)18-11(19)6-2-7(13)4-8(15)3-6/h2-5H,15H2,1H3,(H,16,17,18,19). The van der Waals surface area contributed by atoms with Gasteiger partial charge in [0.05, 0.1) is 7.11 Å². The summed E-state index contributed by atoms with van der Waals surface area (Å²) in [5.74, 6) is -0.188. The summed E-state index contributed by atoms with van der Waals surface area (Å²) in [6.07, 6.45) is 0. The molecule has 0 fully saturated rings. The highest BCUT2D eigenvalue weighted by molar-refractivity contribution is 6.31. The lowest BCUT2D eigenvalue weighted by Gasteiger charge is -2.07. The normalized spacial score (nSPS) is 10.2. The number of nitrogens with two attached hydrogens (primary N) is 1. The van der Waals surface area contributed by atoms with E-state index in [1.54, 1.807) is 0 Å². The third kappa shape index (κ3) is 3.49. The summed E-state index contributed by atoms with van der Waals surface area (Å²) in [6, 6.07) is 5.93. The smallest absolute Gasteiger partial charge is 0.258 e. The van der Waals surface area contributed by atoms with Gasteiger partial charge in [0.15, 0.2) is 0 Å². The number of ether oxygens (including phenoxy) is 1. The van der Waals surface area contributed by atoms with E-state index in [9.17, 15) is 4.79 Å². The molecule has 3 N–H and O–H groups in total. The summed E-state index contributed by atoms with van der Waals surface area (Å²) >= 11 is 11.6. The van der Waals surface area contributed by atoms with Crippen LogP contribution in [0.1, 0.15) is 10.4 Å². The van der Waals surface area contributed by atoms with Gasteiger partial charge in [0.2, 0.25) is 11.8 Å². The number of aromatic nitrogens is 2. The molecule has 8 heteroatoms. The molecule has 0 spiro atoms. The first-order valence-corrected chi connectivity index (χ1v) is 6.19. The van der Waals surface area contributed by atoms with Crippen molar-refractivity contribution in [3.63, 3.8) is 0 Å². The Morgan fingerprint density at radius 1 is 1.25 bits per heavy atom. The molecule has 1 amide bonds. The van der Waals surface area contributed by atoms with Gasteiger partial charge in [-0.05, 0) is 18.2 Å². The monoisotopic (exact) mass is 312 g/mol. The molecule has 2 rings (SSSR count). The van der Waals surface area contributed by atoms with E-state index >= 15 is 0 Å². The van der Waals surface area contributed by atoms with Crippen LogP contribution in [0, 0.1) is 0 Å². The first kappa shape index (κ1) is 14.4. The Morgan fingerprint density at radius 2 is 2.00 bits per heavy atom. The molecule has 1 aromatic heterocycles.